The van der Waals surface area contributed by atoms with Crippen LogP contribution in [0.5, 0.6) is 0 Å². The Bertz CT molecular complexity index is 476. The zero-order valence-electron chi connectivity index (χ0n) is 9.44. The molecule has 2 heterocycles. The number of thiophene rings is 1. The quantitative estimate of drug-likeness (QED) is 0.850. The van der Waals surface area contributed by atoms with E-state index in [1.807, 2.05) is 22.1 Å². The molecule has 0 aliphatic heterocycles. The van der Waals surface area contributed by atoms with E-state index < -0.39 is 12.7 Å². The van der Waals surface area contributed by atoms with Gasteiger partial charge in [0.2, 0.25) is 0 Å². The number of halogens is 3. The highest BCUT2D eigenvalue weighted by Gasteiger charge is 2.25. The number of hydrogen-bond acceptors (Lipinski definition) is 3. The molecule has 0 aromatic carbocycles. The third kappa shape index (κ3) is 3.58. The Kier molecular flexibility index (Phi) is 4.03. The second-order valence-electron chi connectivity index (χ2n) is 3.71. The maximum absolute atomic E-state index is 11.9. The summed E-state index contributed by atoms with van der Waals surface area (Å²) in [6, 6.07) is 3.85. The summed E-state index contributed by atoms with van der Waals surface area (Å²) in [6.07, 6.45) is -0.741. The van der Waals surface area contributed by atoms with Crippen LogP contribution >= 0.6 is 11.3 Å². The topological polar surface area (TPSA) is 29.9 Å². The van der Waals surface area contributed by atoms with Crippen molar-refractivity contribution in [2.75, 3.05) is 13.1 Å². The zero-order chi connectivity index (χ0) is 13.0. The number of nitrogens with zero attached hydrogens (tertiary/aromatic N) is 2. The van der Waals surface area contributed by atoms with Gasteiger partial charge in [0.25, 0.3) is 0 Å². The molecule has 7 heteroatoms. The average molecular weight is 275 g/mol. The smallest absolute Gasteiger partial charge is 0.329 e. The van der Waals surface area contributed by atoms with Crippen molar-refractivity contribution in [2.45, 2.75) is 12.7 Å². The standard InChI is InChI=1S/C11H12F3N3S/c12-11(13,14)8-15-3-5-17-6-4-16-10(17)9-2-1-7-18-9/h1-2,4,6-7,15H,3,5,8H2. The highest BCUT2D eigenvalue weighted by Crippen LogP contribution is 2.22. The molecule has 0 amide bonds. The van der Waals surface area contributed by atoms with Crippen molar-refractivity contribution in [1.82, 2.24) is 14.9 Å². The molecule has 0 bridgehead atoms. The number of rotatable bonds is 5. The normalized spacial score (nSPS) is 11.9. The second-order valence-corrected chi connectivity index (χ2v) is 4.66. The lowest BCUT2D eigenvalue weighted by Gasteiger charge is -2.09. The largest absolute Gasteiger partial charge is 0.401 e. The molecule has 0 spiro atoms. The van der Waals surface area contributed by atoms with Crippen LogP contribution in [0.4, 0.5) is 13.2 Å². The molecule has 18 heavy (non-hydrogen) atoms. The minimum Gasteiger partial charge on any atom is -0.329 e. The first-order valence-electron chi connectivity index (χ1n) is 5.39. The first-order valence-corrected chi connectivity index (χ1v) is 6.27. The van der Waals surface area contributed by atoms with Crippen molar-refractivity contribution in [3.63, 3.8) is 0 Å². The van der Waals surface area contributed by atoms with Crippen molar-refractivity contribution >= 4 is 11.3 Å². The molecule has 2 rings (SSSR count). The van der Waals surface area contributed by atoms with Crippen molar-refractivity contribution < 1.29 is 13.2 Å². The number of hydrogen-bond donors (Lipinski definition) is 1. The summed E-state index contributed by atoms with van der Waals surface area (Å²) < 4.78 is 37.7. The maximum Gasteiger partial charge on any atom is 0.401 e. The lowest BCUT2D eigenvalue weighted by atomic mass is 10.4. The highest BCUT2D eigenvalue weighted by molar-refractivity contribution is 7.13. The lowest BCUT2D eigenvalue weighted by Crippen LogP contribution is -2.31. The van der Waals surface area contributed by atoms with Crippen LogP contribution in [0.3, 0.4) is 0 Å². The van der Waals surface area contributed by atoms with Crippen LogP contribution in [0.15, 0.2) is 29.9 Å². The zero-order valence-corrected chi connectivity index (χ0v) is 10.3. The first kappa shape index (κ1) is 13.1. The molecular formula is C11H12F3N3S. The molecule has 0 atom stereocenters. The molecule has 0 saturated carbocycles. The van der Waals surface area contributed by atoms with E-state index in [2.05, 4.69) is 10.3 Å². The van der Waals surface area contributed by atoms with Crippen LogP contribution in [-0.4, -0.2) is 28.8 Å². The van der Waals surface area contributed by atoms with Crippen LogP contribution in [0.1, 0.15) is 0 Å². The van der Waals surface area contributed by atoms with Gasteiger partial charge < -0.3 is 9.88 Å². The van der Waals surface area contributed by atoms with Gasteiger partial charge in [-0.05, 0) is 11.4 Å². The van der Waals surface area contributed by atoms with Gasteiger partial charge in [-0.15, -0.1) is 11.3 Å². The first-order chi connectivity index (χ1) is 8.56. The number of alkyl halides is 3. The van der Waals surface area contributed by atoms with Crippen molar-refractivity contribution in [3.05, 3.63) is 29.9 Å². The van der Waals surface area contributed by atoms with Gasteiger partial charge in [-0.25, -0.2) is 4.98 Å². The molecule has 0 aliphatic rings. The SMILES string of the molecule is FC(F)(F)CNCCn1ccnc1-c1cccs1. The number of aromatic nitrogens is 2. The van der Waals surface area contributed by atoms with Gasteiger partial charge in [-0.3, -0.25) is 0 Å². The summed E-state index contributed by atoms with van der Waals surface area (Å²) in [5.74, 6) is 0.791. The molecule has 2 aromatic heterocycles. The minimum atomic E-state index is -4.16. The van der Waals surface area contributed by atoms with Crippen molar-refractivity contribution in [1.29, 1.82) is 0 Å². The second kappa shape index (κ2) is 5.53. The van der Waals surface area contributed by atoms with Gasteiger partial charge in [-0.2, -0.15) is 13.2 Å². The number of imidazole rings is 1. The van der Waals surface area contributed by atoms with Crippen LogP contribution in [0.25, 0.3) is 10.7 Å². The highest BCUT2D eigenvalue weighted by atomic mass is 32.1. The third-order valence-electron chi connectivity index (χ3n) is 2.31. The van der Waals surface area contributed by atoms with Crippen LogP contribution < -0.4 is 5.32 Å². The summed E-state index contributed by atoms with van der Waals surface area (Å²) >= 11 is 1.55. The van der Waals surface area contributed by atoms with Gasteiger partial charge >= 0.3 is 6.18 Å². The van der Waals surface area contributed by atoms with Crippen molar-refractivity contribution in [2.24, 2.45) is 0 Å². The van der Waals surface area contributed by atoms with E-state index >= 15 is 0 Å². The van der Waals surface area contributed by atoms with Crippen LogP contribution in [0, 0.1) is 0 Å². The minimum absolute atomic E-state index is 0.258. The molecule has 98 valence electrons. The molecule has 0 unspecified atom stereocenters. The third-order valence-corrected chi connectivity index (χ3v) is 3.18. The molecule has 0 aliphatic carbocycles. The monoisotopic (exact) mass is 275 g/mol. The Morgan fingerprint density at radius 1 is 1.39 bits per heavy atom. The van der Waals surface area contributed by atoms with Gasteiger partial charge in [0, 0.05) is 25.5 Å². The molecule has 1 N–H and O–H groups in total. The van der Waals surface area contributed by atoms with Crippen LogP contribution in [0.2, 0.25) is 0 Å². The fraction of sp³-hybridized carbons (Fsp3) is 0.364. The van der Waals surface area contributed by atoms with E-state index in [4.69, 9.17) is 0 Å². The fourth-order valence-electron chi connectivity index (χ4n) is 1.55. The van der Waals surface area contributed by atoms with E-state index in [0.717, 1.165) is 10.7 Å². The summed E-state index contributed by atoms with van der Waals surface area (Å²) in [5, 5.41) is 4.31. The van der Waals surface area contributed by atoms with E-state index in [9.17, 15) is 13.2 Å². The van der Waals surface area contributed by atoms with Gasteiger partial charge in [0.05, 0.1) is 11.4 Å². The average Bonchev–Trinajstić information content (AvgIpc) is 2.93. The van der Waals surface area contributed by atoms with Gasteiger partial charge in [0.1, 0.15) is 5.82 Å². The van der Waals surface area contributed by atoms with E-state index in [0.29, 0.717) is 6.54 Å². The van der Waals surface area contributed by atoms with Crippen molar-refractivity contribution in [3.8, 4) is 10.7 Å². The fourth-order valence-corrected chi connectivity index (χ4v) is 2.29. The Hall–Kier alpha value is -1.34. The van der Waals surface area contributed by atoms with Crippen LogP contribution in [-0.2, 0) is 6.54 Å². The van der Waals surface area contributed by atoms with Gasteiger partial charge in [0.15, 0.2) is 0 Å². The molecule has 3 nitrogen and oxygen atoms in total. The van der Waals surface area contributed by atoms with Gasteiger partial charge in [-0.1, -0.05) is 6.07 Å². The summed E-state index contributed by atoms with van der Waals surface area (Å²) in [4.78, 5) is 5.22. The summed E-state index contributed by atoms with van der Waals surface area (Å²) in [6.45, 7) is -0.242. The Labute approximate surface area is 106 Å². The Morgan fingerprint density at radius 2 is 2.22 bits per heavy atom. The lowest BCUT2D eigenvalue weighted by molar-refractivity contribution is -0.124. The van der Waals surface area contributed by atoms with E-state index in [-0.39, 0.29) is 6.54 Å². The predicted octanol–water partition coefficient (Wildman–Crippen LogP) is 2.76. The molecule has 0 saturated heterocycles. The number of nitrogens with one attached hydrogen (secondary N) is 1. The molecule has 2 aromatic rings. The predicted molar refractivity (Wildman–Crippen MR) is 64.5 cm³/mol. The molecule has 0 radical (unpaired) electrons. The Balaban J connectivity index is 1.89. The summed E-state index contributed by atoms with van der Waals surface area (Å²) in [5.41, 5.74) is 0. The van der Waals surface area contributed by atoms with E-state index in [1.54, 1.807) is 23.7 Å². The molecular weight excluding hydrogens is 263 g/mol. The maximum atomic E-state index is 11.9. The summed E-state index contributed by atoms with van der Waals surface area (Å²) in [7, 11) is 0. The van der Waals surface area contributed by atoms with E-state index in [1.165, 1.54) is 0 Å². The molecule has 0 fully saturated rings. The Morgan fingerprint density at radius 3 is 2.89 bits per heavy atom.